The maximum absolute atomic E-state index is 11.0. The topological polar surface area (TPSA) is 79.5 Å². The molecule has 1 N–H and O–H groups in total. The number of hydrogen-bond acceptors (Lipinski definition) is 5. The van der Waals surface area contributed by atoms with Crippen molar-refractivity contribution < 1.29 is 14.3 Å². The van der Waals surface area contributed by atoms with Gasteiger partial charge in [0.1, 0.15) is 23.3 Å². The Morgan fingerprint density at radius 3 is 2.77 bits per heavy atom. The maximum Gasteiger partial charge on any atom is 0.311 e. The fourth-order valence-electron chi connectivity index (χ4n) is 2.98. The Morgan fingerprint density at radius 1 is 1.23 bits per heavy atom. The van der Waals surface area contributed by atoms with Crippen LogP contribution in [0.1, 0.15) is 18.7 Å². The predicted octanol–water partition coefficient (Wildman–Crippen LogP) is 2.60. The molecule has 3 heterocycles. The first kappa shape index (κ1) is 13.1. The molecule has 1 aliphatic heterocycles. The molecule has 1 aliphatic rings. The quantitative estimate of drug-likeness (QED) is 0.800. The van der Waals surface area contributed by atoms with E-state index in [1.165, 1.54) is 0 Å². The molecule has 1 saturated heterocycles. The van der Waals surface area contributed by atoms with Gasteiger partial charge in [-0.3, -0.25) is 4.79 Å². The largest absolute Gasteiger partial charge is 0.481 e. The van der Waals surface area contributed by atoms with Crippen LogP contribution in [0.4, 0.5) is 5.82 Å². The van der Waals surface area contributed by atoms with Crippen molar-refractivity contribution in [1.82, 2.24) is 9.97 Å². The van der Waals surface area contributed by atoms with E-state index in [4.69, 9.17) is 9.52 Å². The molecular formula is C16H15N3O3. The molecule has 0 saturated carbocycles. The first-order chi connectivity index (χ1) is 10.7. The molecule has 1 aromatic carbocycles. The van der Waals surface area contributed by atoms with E-state index in [2.05, 4.69) is 14.9 Å². The van der Waals surface area contributed by atoms with Crippen molar-refractivity contribution in [2.24, 2.45) is 0 Å². The summed E-state index contributed by atoms with van der Waals surface area (Å²) in [5, 5.41) is 9.94. The fraction of sp³-hybridized carbons (Fsp3) is 0.312. The van der Waals surface area contributed by atoms with Crippen LogP contribution >= 0.6 is 0 Å². The number of benzene rings is 1. The Bertz CT molecular complexity index is 866. The minimum absolute atomic E-state index is 0.184. The summed E-state index contributed by atoms with van der Waals surface area (Å²) < 4.78 is 5.94. The average Bonchev–Trinajstić information content (AvgIpc) is 3.13. The van der Waals surface area contributed by atoms with Gasteiger partial charge in [-0.15, -0.1) is 0 Å². The molecular weight excluding hydrogens is 282 g/mol. The van der Waals surface area contributed by atoms with Crippen molar-refractivity contribution in [1.29, 1.82) is 0 Å². The third-order valence-corrected chi connectivity index (χ3v) is 3.96. The standard InChI is InChI=1S/C16H15N3O3/c20-13(21)9-12-17-14-10-5-1-2-6-11(10)22-15(14)16(18-12)19-7-3-4-8-19/h1-2,5-6H,3-4,7-9H2,(H,20,21). The lowest BCUT2D eigenvalue weighted by molar-refractivity contribution is -0.136. The van der Waals surface area contributed by atoms with Crippen molar-refractivity contribution in [3.63, 3.8) is 0 Å². The third kappa shape index (κ3) is 2.07. The van der Waals surface area contributed by atoms with Gasteiger partial charge in [0.15, 0.2) is 11.4 Å². The number of rotatable bonds is 3. The van der Waals surface area contributed by atoms with Gasteiger partial charge in [-0.25, -0.2) is 9.97 Å². The minimum atomic E-state index is -0.931. The van der Waals surface area contributed by atoms with Crippen molar-refractivity contribution in [3.8, 4) is 0 Å². The van der Waals surface area contributed by atoms with E-state index >= 15 is 0 Å². The summed E-state index contributed by atoms with van der Waals surface area (Å²) in [7, 11) is 0. The number of nitrogens with zero attached hydrogens (tertiary/aromatic N) is 3. The molecule has 4 rings (SSSR count). The number of carboxylic acid groups (broad SMARTS) is 1. The van der Waals surface area contributed by atoms with Crippen molar-refractivity contribution in [3.05, 3.63) is 30.1 Å². The zero-order chi connectivity index (χ0) is 15.1. The molecule has 6 heteroatoms. The molecule has 6 nitrogen and oxygen atoms in total. The predicted molar refractivity (Wildman–Crippen MR) is 82.1 cm³/mol. The highest BCUT2D eigenvalue weighted by Gasteiger charge is 2.22. The number of para-hydroxylation sites is 1. The van der Waals surface area contributed by atoms with Gasteiger partial charge in [-0.1, -0.05) is 12.1 Å². The van der Waals surface area contributed by atoms with E-state index in [0.29, 0.717) is 16.9 Å². The molecule has 0 unspecified atom stereocenters. The summed E-state index contributed by atoms with van der Waals surface area (Å²) in [6.07, 6.45) is 2.04. The number of furan rings is 1. The Balaban J connectivity index is 1.99. The summed E-state index contributed by atoms with van der Waals surface area (Å²) in [6, 6.07) is 7.66. The summed E-state index contributed by atoms with van der Waals surface area (Å²) >= 11 is 0. The molecule has 2 aromatic heterocycles. The van der Waals surface area contributed by atoms with Gasteiger partial charge in [0.2, 0.25) is 0 Å². The van der Waals surface area contributed by atoms with Crippen LogP contribution in [0.3, 0.4) is 0 Å². The van der Waals surface area contributed by atoms with E-state index < -0.39 is 5.97 Å². The lowest BCUT2D eigenvalue weighted by Crippen LogP contribution is -2.20. The molecule has 0 bridgehead atoms. The maximum atomic E-state index is 11.0. The van der Waals surface area contributed by atoms with E-state index in [0.717, 1.165) is 42.7 Å². The van der Waals surface area contributed by atoms with Crippen LogP contribution in [-0.4, -0.2) is 34.1 Å². The molecule has 0 aliphatic carbocycles. The Hall–Kier alpha value is -2.63. The van der Waals surface area contributed by atoms with Gasteiger partial charge < -0.3 is 14.4 Å². The van der Waals surface area contributed by atoms with Gasteiger partial charge in [0.05, 0.1) is 0 Å². The van der Waals surface area contributed by atoms with E-state index in [1.54, 1.807) is 0 Å². The van der Waals surface area contributed by atoms with Gasteiger partial charge in [0.25, 0.3) is 0 Å². The summed E-state index contributed by atoms with van der Waals surface area (Å²) in [4.78, 5) is 22.1. The van der Waals surface area contributed by atoms with Gasteiger partial charge in [-0.05, 0) is 25.0 Å². The summed E-state index contributed by atoms with van der Waals surface area (Å²) in [5.74, 6) is 0.114. The number of carboxylic acids is 1. The molecule has 22 heavy (non-hydrogen) atoms. The smallest absolute Gasteiger partial charge is 0.311 e. The van der Waals surface area contributed by atoms with Gasteiger partial charge >= 0.3 is 5.97 Å². The SMILES string of the molecule is O=C(O)Cc1nc(N2CCCC2)c2oc3ccccc3c2n1. The number of fused-ring (bicyclic) bond motifs is 3. The lowest BCUT2D eigenvalue weighted by Gasteiger charge is -2.16. The molecule has 0 spiro atoms. The van der Waals surface area contributed by atoms with Gasteiger partial charge in [-0.2, -0.15) is 0 Å². The van der Waals surface area contributed by atoms with Crippen LogP contribution in [0.15, 0.2) is 28.7 Å². The molecule has 0 atom stereocenters. The monoisotopic (exact) mass is 297 g/mol. The highest BCUT2D eigenvalue weighted by molar-refractivity contribution is 6.05. The zero-order valence-electron chi connectivity index (χ0n) is 12.0. The second-order valence-corrected chi connectivity index (χ2v) is 5.50. The summed E-state index contributed by atoms with van der Waals surface area (Å²) in [6.45, 7) is 1.82. The van der Waals surface area contributed by atoms with Crippen LogP contribution in [0.2, 0.25) is 0 Å². The molecule has 0 radical (unpaired) electrons. The van der Waals surface area contributed by atoms with Crippen LogP contribution in [0.25, 0.3) is 22.1 Å². The van der Waals surface area contributed by atoms with E-state index in [-0.39, 0.29) is 6.42 Å². The highest BCUT2D eigenvalue weighted by Crippen LogP contribution is 2.34. The van der Waals surface area contributed by atoms with Crippen LogP contribution in [-0.2, 0) is 11.2 Å². The molecule has 0 amide bonds. The third-order valence-electron chi connectivity index (χ3n) is 3.96. The van der Waals surface area contributed by atoms with Crippen LogP contribution < -0.4 is 4.90 Å². The lowest BCUT2D eigenvalue weighted by atomic mass is 10.2. The Morgan fingerprint density at radius 2 is 2.00 bits per heavy atom. The van der Waals surface area contributed by atoms with Crippen molar-refractivity contribution >= 4 is 33.9 Å². The van der Waals surface area contributed by atoms with Crippen LogP contribution in [0, 0.1) is 0 Å². The zero-order valence-corrected chi connectivity index (χ0v) is 12.0. The number of hydrogen-bond donors (Lipinski definition) is 1. The van der Waals surface area contributed by atoms with Crippen LogP contribution in [0.5, 0.6) is 0 Å². The fourth-order valence-corrected chi connectivity index (χ4v) is 2.98. The molecule has 112 valence electrons. The second-order valence-electron chi connectivity index (χ2n) is 5.50. The Labute approximate surface area is 126 Å². The Kier molecular flexibility index (Phi) is 2.96. The van der Waals surface area contributed by atoms with Gasteiger partial charge in [0, 0.05) is 18.5 Å². The van der Waals surface area contributed by atoms with E-state index in [1.807, 2.05) is 24.3 Å². The molecule has 3 aromatic rings. The minimum Gasteiger partial charge on any atom is -0.481 e. The van der Waals surface area contributed by atoms with E-state index in [9.17, 15) is 4.79 Å². The summed E-state index contributed by atoms with van der Waals surface area (Å²) in [5.41, 5.74) is 2.10. The average molecular weight is 297 g/mol. The number of aliphatic carboxylic acids is 1. The number of aromatic nitrogens is 2. The number of anilines is 1. The molecule has 1 fully saturated rings. The van der Waals surface area contributed by atoms with Crippen molar-refractivity contribution in [2.45, 2.75) is 19.3 Å². The first-order valence-corrected chi connectivity index (χ1v) is 7.37. The highest BCUT2D eigenvalue weighted by atomic mass is 16.4. The van der Waals surface area contributed by atoms with Crippen molar-refractivity contribution in [2.75, 3.05) is 18.0 Å². The first-order valence-electron chi connectivity index (χ1n) is 7.37. The second kappa shape index (κ2) is 4.98. The normalized spacial score (nSPS) is 15.0. The number of carbonyl (C=O) groups is 1.